The maximum absolute atomic E-state index is 5.89. The third kappa shape index (κ3) is 1.61. The van der Waals surface area contributed by atoms with Gasteiger partial charge in [0.25, 0.3) is 0 Å². The van der Waals surface area contributed by atoms with Crippen molar-refractivity contribution in [3.8, 4) is 11.3 Å². The van der Waals surface area contributed by atoms with E-state index >= 15 is 0 Å². The molecule has 0 saturated heterocycles. The molecule has 0 spiro atoms. The number of halogens is 1. The second kappa shape index (κ2) is 3.27. The average molecular weight is 193 g/mol. The summed E-state index contributed by atoms with van der Waals surface area (Å²) in [5, 5.41) is 0.679. The molecule has 1 heterocycles. The number of rotatable bonds is 1. The van der Waals surface area contributed by atoms with E-state index in [1.165, 1.54) is 0 Å². The van der Waals surface area contributed by atoms with Crippen molar-refractivity contribution in [2.45, 2.75) is 6.92 Å². The number of furan rings is 1. The second-order valence-corrected chi connectivity index (χ2v) is 3.29. The highest BCUT2D eigenvalue weighted by atomic mass is 35.5. The first-order valence-corrected chi connectivity index (χ1v) is 4.46. The van der Waals surface area contributed by atoms with Crippen LogP contribution in [0.25, 0.3) is 11.3 Å². The molecule has 13 heavy (non-hydrogen) atoms. The smallest absolute Gasteiger partial charge is 0.135 e. The Kier molecular flexibility index (Phi) is 2.11. The molecule has 0 aliphatic rings. The van der Waals surface area contributed by atoms with Crippen LogP contribution in [0, 0.1) is 6.92 Å². The normalized spacial score (nSPS) is 10.3. The lowest BCUT2D eigenvalue weighted by Crippen LogP contribution is -1.69. The third-order valence-electron chi connectivity index (χ3n) is 1.92. The van der Waals surface area contributed by atoms with Gasteiger partial charge in [-0.05, 0) is 6.92 Å². The first-order chi connectivity index (χ1) is 6.27. The van der Waals surface area contributed by atoms with E-state index in [0.717, 1.165) is 17.1 Å². The molecule has 0 saturated carbocycles. The molecular formula is C11H9ClO. The van der Waals surface area contributed by atoms with Gasteiger partial charge in [0, 0.05) is 11.6 Å². The van der Waals surface area contributed by atoms with Gasteiger partial charge >= 0.3 is 0 Å². The Morgan fingerprint density at radius 2 is 1.85 bits per heavy atom. The van der Waals surface area contributed by atoms with Gasteiger partial charge in [-0.3, -0.25) is 0 Å². The summed E-state index contributed by atoms with van der Waals surface area (Å²) in [6.07, 6.45) is 0. The molecule has 0 radical (unpaired) electrons. The maximum Gasteiger partial charge on any atom is 0.135 e. The quantitative estimate of drug-likeness (QED) is 0.668. The molecule has 0 amide bonds. The number of hydrogen-bond acceptors (Lipinski definition) is 1. The Balaban J connectivity index is 2.48. The van der Waals surface area contributed by atoms with E-state index < -0.39 is 0 Å². The standard InChI is InChI=1S/C11H9ClO/c1-8-10(12)7-11(13-8)9-5-3-2-4-6-9/h2-7H,1H3. The van der Waals surface area contributed by atoms with Crippen LogP contribution in [0.2, 0.25) is 5.02 Å². The molecule has 2 heteroatoms. The predicted octanol–water partition coefficient (Wildman–Crippen LogP) is 3.91. The number of aryl methyl sites for hydroxylation is 1. The molecule has 0 atom stereocenters. The maximum atomic E-state index is 5.89. The largest absolute Gasteiger partial charge is 0.460 e. The van der Waals surface area contributed by atoms with Gasteiger partial charge in [0.15, 0.2) is 0 Å². The van der Waals surface area contributed by atoms with Gasteiger partial charge in [0.2, 0.25) is 0 Å². The van der Waals surface area contributed by atoms with E-state index in [-0.39, 0.29) is 0 Å². The van der Waals surface area contributed by atoms with E-state index in [1.54, 1.807) is 0 Å². The third-order valence-corrected chi connectivity index (χ3v) is 2.29. The van der Waals surface area contributed by atoms with Crippen LogP contribution in [0.5, 0.6) is 0 Å². The van der Waals surface area contributed by atoms with Crippen LogP contribution >= 0.6 is 11.6 Å². The minimum absolute atomic E-state index is 0.679. The Bertz CT molecular complexity index is 384. The predicted molar refractivity (Wildman–Crippen MR) is 53.9 cm³/mol. The van der Waals surface area contributed by atoms with Crippen molar-refractivity contribution in [1.82, 2.24) is 0 Å². The topological polar surface area (TPSA) is 13.1 Å². The summed E-state index contributed by atoms with van der Waals surface area (Å²) < 4.78 is 5.47. The van der Waals surface area contributed by atoms with Gasteiger partial charge in [-0.25, -0.2) is 0 Å². The Hall–Kier alpha value is -1.21. The Labute approximate surface area is 82.0 Å². The van der Waals surface area contributed by atoms with Gasteiger partial charge in [-0.15, -0.1) is 0 Å². The molecule has 2 aromatic rings. The molecule has 0 bridgehead atoms. The van der Waals surface area contributed by atoms with Crippen molar-refractivity contribution in [3.63, 3.8) is 0 Å². The van der Waals surface area contributed by atoms with Gasteiger partial charge in [0.05, 0.1) is 5.02 Å². The van der Waals surface area contributed by atoms with Crippen LogP contribution in [-0.4, -0.2) is 0 Å². The minimum Gasteiger partial charge on any atom is -0.460 e. The van der Waals surface area contributed by atoms with Crippen molar-refractivity contribution < 1.29 is 4.42 Å². The Morgan fingerprint density at radius 1 is 1.15 bits per heavy atom. The molecule has 0 unspecified atom stereocenters. The van der Waals surface area contributed by atoms with Crippen molar-refractivity contribution in [2.24, 2.45) is 0 Å². The summed E-state index contributed by atoms with van der Waals surface area (Å²) in [6.45, 7) is 1.86. The van der Waals surface area contributed by atoms with Crippen molar-refractivity contribution in [3.05, 3.63) is 47.2 Å². The first kappa shape index (κ1) is 8.39. The fourth-order valence-corrected chi connectivity index (χ4v) is 1.34. The van der Waals surface area contributed by atoms with Crippen molar-refractivity contribution in [1.29, 1.82) is 0 Å². The highest BCUT2D eigenvalue weighted by Gasteiger charge is 2.05. The highest BCUT2D eigenvalue weighted by Crippen LogP contribution is 2.27. The lowest BCUT2D eigenvalue weighted by molar-refractivity contribution is 0.548. The molecule has 0 fully saturated rings. The van der Waals surface area contributed by atoms with E-state index in [9.17, 15) is 0 Å². The molecule has 0 N–H and O–H groups in total. The summed E-state index contributed by atoms with van der Waals surface area (Å²) >= 11 is 5.89. The molecular weight excluding hydrogens is 184 g/mol. The van der Waals surface area contributed by atoms with Crippen LogP contribution in [0.1, 0.15) is 5.76 Å². The second-order valence-electron chi connectivity index (χ2n) is 2.88. The summed E-state index contributed by atoms with van der Waals surface area (Å²) in [6, 6.07) is 11.7. The summed E-state index contributed by atoms with van der Waals surface area (Å²) in [5.74, 6) is 1.59. The van der Waals surface area contributed by atoms with Gasteiger partial charge in [-0.1, -0.05) is 41.9 Å². The van der Waals surface area contributed by atoms with Crippen LogP contribution in [0.3, 0.4) is 0 Å². The molecule has 1 aromatic carbocycles. The Morgan fingerprint density at radius 3 is 2.38 bits per heavy atom. The lowest BCUT2D eigenvalue weighted by Gasteiger charge is -1.93. The summed E-state index contributed by atoms with van der Waals surface area (Å²) in [5.41, 5.74) is 1.05. The zero-order valence-corrected chi connectivity index (χ0v) is 8.01. The highest BCUT2D eigenvalue weighted by molar-refractivity contribution is 6.31. The van der Waals surface area contributed by atoms with E-state index in [1.807, 2.05) is 43.3 Å². The van der Waals surface area contributed by atoms with E-state index in [2.05, 4.69) is 0 Å². The monoisotopic (exact) mass is 192 g/mol. The van der Waals surface area contributed by atoms with Crippen molar-refractivity contribution in [2.75, 3.05) is 0 Å². The van der Waals surface area contributed by atoms with Crippen LogP contribution < -0.4 is 0 Å². The molecule has 0 aliphatic carbocycles. The summed E-state index contributed by atoms with van der Waals surface area (Å²) in [4.78, 5) is 0. The average Bonchev–Trinajstić information content (AvgIpc) is 2.49. The van der Waals surface area contributed by atoms with E-state index in [4.69, 9.17) is 16.0 Å². The zero-order chi connectivity index (χ0) is 9.26. The molecule has 1 aromatic heterocycles. The lowest BCUT2D eigenvalue weighted by atomic mass is 10.2. The van der Waals surface area contributed by atoms with Crippen LogP contribution in [0.4, 0.5) is 0 Å². The molecule has 0 aliphatic heterocycles. The minimum atomic E-state index is 0.679. The van der Waals surface area contributed by atoms with Gasteiger partial charge in [0.1, 0.15) is 11.5 Å². The van der Waals surface area contributed by atoms with Gasteiger partial charge in [-0.2, -0.15) is 0 Å². The number of hydrogen-bond donors (Lipinski definition) is 0. The number of benzene rings is 1. The van der Waals surface area contributed by atoms with E-state index in [0.29, 0.717) is 5.02 Å². The van der Waals surface area contributed by atoms with Crippen LogP contribution in [-0.2, 0) is 0 Å². The SMILES string of the molecule is Cc1oc(-c2ccccc2)cc1Cl. The molecule has 66 valence electrons. The fourth-order valence-electron chi connectivity index (χ4n) is 1.20. The summed E-state index contributed by atoms with van der Waals surface area (Å²) in [7, 11) is 0. The van der Waals surface area contributed by atoms with Crippen LogP contribution in [0.15, 0.2) is 40.8 Å². The first-order valence-electron chi connectivity index (χ1n) is 4.09. The molecule has 2 rings (SSSR count). The van der Waals surface area contributed by atoms with Gasteiger partial charge < -0.3 is 4.42 Å². The molecule has 1 nitrogen and oxygen atoms in total. The van der Waals surface area contributed by atoms with Crippen molar-refractivity contribution >= 4 is 11.6 Å². The zero-order valence-electron chi connectivity index (χ0n) is 7.25. The fraction of sp³-hybridized carbons (Fsp3) is 0.0909.